The Bertz CT molecular complexity index is 514. The Morgan fingerprint density at radius 2 is 2.22 bits per heavy atom. The van der Waals surface area contributed by atoms with Crippen LogP contribution in [0.1, 0.15) is 0 Å². The van der Waals surface area contributed by atoms with Crippen LogP contribution >= 0.6 is 11.6 Å². The molecule has 0 spiro atoms. The number of anilines is 2. The van der Waals surface area contributed by atoms with Gasteiger partial charge in [0, 0.05) is 6.54 Å². The predicted octanol–water partition coefficient (Wildman–Crippen LogP) is 1.47. The van der Waals surface area contributed by atoms with Gasteiger partial charge >= 0.3 is 0 Å². The van der Waals surface area contributed by atoms with E-state index in [0.717, 1.165) is 11.4 Å². The summed E-state index contributed by atoms with van der Waals surface area (Å²) in [5, 5.41) is 16.6. The van der Waals surface area contributed by atoms with Crippen molar-refractivity contribution in [3.8, 4) is 5.69 Å². The Kier molecular flexibility index (Phi) is 4.07. The third-order valence-electron chi connectivity index (χ3n) is 2.49. The lowest BCUT2D eigenvalue weighted by Crippen LogP contribution is -2.20. The Hall–Kier alpha value is -1.72. The van der Waals surface area contributed by atoms with Gasteiger partial charge in [-0.2, -0.15) is 5.10 Å². The van der Waals surface area contributed by atoms with Crippen molar-refractivity contribution in [2.75, 3.05) is 23.5 Å². The molecule has 4 N–H and O–H groups in total. The predicted molar refractivity (Wildman–Crippen MR) is 73.2 cm³/mol. The molecule has 0 fully saturated rings. The summed E-state index contributed by atoms with van der Waals surface area (Å²) in [6.45, 7) is 0.388. The van der Waals surface area contributed by atoms with Gasteiger partial charge in [-0.25, -0.2) is 4.68 Å². The number of hydrogen-bond donors (Lipinski definition) is 3. The first-order chi connectivity index (χ1) is 8.70. The number of nitrogens with two attached hydrogens (primary N) is 1. The molecule has 0 radical (unpaired) electrons. The summed E-state index contributed by atoms with van der Waals surface area (Å²) < 4.78 is 1.69. The van der Waals surface area contributed by atoms with Crippen molar-refractivity contribution in [3.63, 3.8) is 0 Å². The SMILES string of the molecule is Nc1ccccc1-n1cc(NCC(O)CCl)cn1. The number of nitrogens with zero attached hydrogens (tertiary/aromatic N) is 2. The van der Waals surface area contributed by atoms with Gasteiger partial charge in [-0.15, -0.1) is 11.6 Å². The Labute approximate surface area is 110 Å². The molecule has 5 nitrogen and oxygen atoms in total. The average Bonchev–Trinajstić information content (AvgIpc) is 2.85. The lowest BCUT2D eigenvalue weighted by Gasteiger charge is -2.07. The second-order valence-corrected chi connectivity index (χ2v) is 4.23. The smallest absolute Gasteiger partial charge is 0.0875 e. The van der Waals surface area contributed by atoms with E-state index in [1.54, 1.807) is 10.9 Å². The van der Waals surface area contributed by atoms with Crippen LogP contribution in [0, 0.1) is 0 Å². The van der Waals surface area contributed by atoms with Gasteiger partial charge < -0.3 is 16.2 Å². The first-order valence-electron chi connectivity index (χ1n) is 5.58. The number of aliphatic hydroxyl groups is 1. The maximum atomic E-state index is 9.35. The zero-order valence-electron chi connectivity index (χ0n) is 9.75. The van der Waals surface area contributed by atoms with Crippen molar-refractivity contribution >= 4 is 23.0 Å². The highest BCUT2D eigenvalue weighted by atomic mass is 35.5. The van der Waals surface area contributed by atoms with Gasteiger partial charge in [-0.3, -0.25) is 0 Å². The molecule has 0 bridgehead atoms. The molecule has 2 rings (SSSR count). The molecule has 0 saturated heterocycles. The van der Waals surface area contributed by atoms with Crippen LogP contribution in [0.2, 0.25) is 0 Å². The number of aliphatic hydroxyl groups excluding tert-OH is 1. The number of halogens is 1. The van der Waals surface area contributed by atoms with Crippen molar-refractivity contribution in [1.29, 1.82) is 0 Å². The molecule has 1 aromatic heterocycles. The highest BCUT2D eigenvalue weighted by Crippen LogP contribution is 2.17. The topological polar surface area (TPSA) is 76.1 Å². The second kappa shape index (κ2) is 5.75. The van der Waals surface area contributed by atoms with Crippen molar-refractivity contribution in [2.45, 2.75) is 6.10 Å². The van der Waals surface area contributed by atoms with E-state index >= 15 is 0 Å². The highest BCUT2D eigenvalue weighted by molar-refractivity contribution is 6.18. The van der Waals surface area contributed by atoms with Crippen LogP contribution in [-0.4, -0.2) is 33.4 Å². The summed E-state index contributed by atoms with van der Waals surface area (Å²) in [4.78, 5) is 0. The zero-order valence-corrected chi connectivity index (χ0v) is 10.5. The molecular formula is C12H15ClN4O. The van der Waals surface area contributed by atoms with E-state index in [0.29, 0.717) is 12.2 Å². The minimum absolute atomic E-state index is 0.201. The van der Waals surface area contributed by atoms with Gasteiger partial charge in [0.2, 0.25) is 0 Å². The fourth-order valence-electron chi connectivity index (χ4n) is 1.53. The van der Waals surface area contributed by atoms with Gasteiger partial charge in [-0.05, 0) is 12.1 Å². The molecule has 1 atom stereocenters. The quantitative estimate of drug-likeness (QED) is 0.566. The monoisotopic (exact) mass is 266 g/mol. The molecule has 0 aliphatic heterocycles. The van der Waals surface area contributed by atoms with E-state index in [1.807, 2.05) is 30.5 Å². The highest BCUT2D eigenvalue weighted by Gasteiger charge is 2.05. The minimum Gasteiger partial charge on any atom is -0.397 e. The number of rotatable bonds is 5. The van der Waals surface area contributed by atoms with Crippen LogP contribution < -0.4 is 11.1 Å². The van der Waals surface area contributed by atoms with Crippen LogP contribution in [0.25, 0.3) is 5.69 Å². The molecule has 0 saturated carbocycles. The first kappa shape index (κ1) is 12.7. The molecule has 0 amide bonds. The standard InChI is InChI=1S/C12H15ClN4O/c13-5-10(18)7-15-9-6-16-17(8-9)12-4-2-1-3-11(12)14/h1-4,6,8,10,15,18H,5,7,14H2. The lowest BCUT2D eigenvalue weighted by atomic mass is 10.3. The molecule has 0 aliphatic rings. The molecule has 1 heterocycles. The average molecular weight is 267 g/mol. The number of alkyl halides is 1. The maximum Gasteiger partial charge on any atom is 0.0875 e. The molecular weight excluding hydrogens is 252 g/mol. The Morgan fingerprint density at radius 3 is 2.94 bits per heavy atom. The number of para-hydroxylation sites is 2. The zero-order chi connectivity index (χ0) is 13.0. The second-order valence-electron chi connectivity index (χ2n) is 3.92. The van der Waals surface area contributed by atoms with Crippen molar-refractivity contribution in [1.82, 2.24) is 9.78 Å². The number of nitrogens with one attached hydrogen (secondary N) is 1. The van der Waals surface area contributed by atoms with E-state index in [1.165, 1.54) is 0 Å². The fraction of sp³-hybridized carbons (Fsp3) is 0.250. The van der Waals surface area contributed by atoms with Crippen LogP contribution in [0.4, 0.5) is 11.4 Å². The molecule has 2 aromatic rings. The Balaban J connectivity index is 2.09. The van der Waals surface area contributed by atoms with Crippen molar-refractivity contribution in [3.05, 3.63) is 36.7 Å². The van der Waals surface area contributed by atoms with Gasteiger partial charge in [0.15, 0.2) is 0 Å². The first-order valence-corrected chi connectivity index (χ1v) is 6.11. The van der Waals surface area contributed by atoms with E-state index in [4.69, 9.17) is 17.3 Å². The summed E-state index contributed by atoms with van der Waals surface area (Å²) in [7, 11) is 0. The molecule has 96 valence electrons. The summed E-state index contributed by atoms with van der Waals surface area (Å²) >= 11 is 5.51. The molecule has 18 heavy (non-hydrogen) atoms. The van der Waals surface area contributed by atoms with Crippen LogP contribution in [-0.2, 0) is 0 Å². The van der Waals surface area contributed by atoms with E-state index in [9.17, 15) is 5.11 Å². The third kappa shape index (κ3) is 2.94. The van der Waals surface area contributed by atoms with E-state index < -0.39 is 6.10 Å². The minimum atomic E-state index is -0.572. The normalized spacial score (nSPS) is 12.3. The lowest BCUT2D eigenvalue weighted by molar-refractivity contribution is 0.211. The summed E-state index contributed by atoms with van der Waals surface area (Å²) in [6, 6.07) is 7.48. The van der Waals surface area contributed by atoms with Gasteiger partial charge in [0.25, 0.3) is 0 Å². The molecule has 6 heteroatoms. The van der Waals surface area contributed by atoms with Gasteiger partial charge in [-0.1, -0.05) is 12.1 Å². The van der Waals surface area contributed by atoms with Crippen LogP contribution in [0.5, 0.6) is 0 Å². The number of hydrogen-bond acceptors (Lipinski definition) is 4. The van der Waals surface area contributed by atoms with E-state index in [-0.39, 0.29) is 5.88 Å². The van der Waals surface area contributed by atoms with Gasteiger partial charge in [0.1, 0.15) is 0 Å². The summed E-state index contributed by atoms with van der Waals surface area (Å²) in [5.74, 6) is 0.201. The Morgan fingerprint density at radius 1 is 1.44 bits per heavy atom. The van der Waals surface area contributed by atoms with Crippen molar-refractivity contribution in [2.24, 2.45) is 0 Å². The fourth-order valence-corrected chi connectivity index (χ4v) is 1.64. The summed E-state index contributed by atoms with van der Waals surface area (Å²) in [5.41, 5.74) is 8.16. The van der Waals surface area contributed by atoms with E-state index in [2.05, 4.69) is 10.4 Å². The van der Waals surface area contributed by atoms with Crippen LogP contribution in [0.15, 0.2) is 36.7 Å². The summed E-state index contributed by atoms with van der Waals surface area (Å²) in [6.07, 6.45) is 2.91. The number of nitrogen functional groups attached to an aromatic ring is 1. The largest absolute Gasteiger partial charge is 0.397 e. The van der Waals surface area contributed by atoms with Crippen molar-refractivity contribution < 1.29 is 5.11 Å². The number of benzene rings is 1. The van der Waals surface area contributed by atoms with Gasteiger partial charge in [0.05, 0.1) is 41.4 Å². The molecule has 1 unspecified atom stereocenters. The maximum absolute atomic E-state index is 9.35. The number of aromatic nitrogens is 2. The van der Waals surface area contributed by atoms with Crippen LogP contribution in [0.3, 0.4) is 0 Å². The molecule has 1 aromatic carbocycles. The molecule has 0 aliphatic carbocycles. The third-order valence-corrected chi connectivity index (χ3v) is 2.84.